The maximum Gasteiger partial charge on any atom is 0.239 e. The van der Waals surface area contributed by atoms with Crippen molar-refractivity contribution in [1.29, 1.82) is 0 Å². The van der Waals surface area contributed by atoms with Crippen LogP contribution >= 0.6 is 22.6 Å². The molecule has 84 valence electrons. The molecule has 1 unspecified atom stereocenters. The van der Waals surface area contributed by atoms with E-state index in [-0.39, 0.29) is 5.91 Å². The molecule has 0 aliphatic rings. The number of nitrogens with zero attached hydrogens (tertiary/aromatic N) is 2. The zero-order valence-corrected chi connectivity index (χ0v) is 11.0. The van der Waals surface area contributed by atoms with Crippen LogP contribution in [-0.2, 0) is 11.3 Å². The molecule has 0 fully saturated rings. The number of likely N-dealkylation sites (N-methyl/N-ethyl adjacent to an activating group) is 1. The molecule has 1 heterocycles. The predicted molar refractivity (Wildman–Crippen MR) is 66.2 cm³/mol. The van der Waals surface area contributed by atoms with E-state index in [9.17, 15) is 4.79 Å². The zero-order valence-electron chi connectivity index (χ0n) is 8.83. The number of carbonyl (C=O) groups is 1. The van der Waals surface area contributed by atoms with Crippen LogP contribution in [-0.4, -0.2) is 27.8 Å². The third-order valence-corrected chi connectivity index (χ3v) is 2.75. The van der Waals surface area contributed by atoms with Gasteiger partial charge in [-0.3, -0.25) is 9.48 Å². The fourth-order valence-corrected chi connectivity index (χ4v) is 1.81. The highest BCUT2D eigenvalue weighted by molar-refractivity contribution is 14.1. The third-order valence-electron chi connectivity index (χ3n) is 2.19. The molecule has 5 nitrogen and oxygen atoms in total. The van der Waals surface area contributed by atoms with E-state index in [0.29, 0.717) is 13.1 Å². The molecule has 6 heteroatoms. The Morgan fingerprint density at radius 2 is 2.47 bits per heavy atom. The van der Waals surface area contributed by atoms with Gasteiger partial charge in [0.2, 0.25) is 5.91 Å². The fraction of sp³-hybridized carbons (Fsp3) is 0.556. The van der Waals surface area contributed by atoms with Gasteiger partial charge in [0.15, 0.2) is 0 Å². The SMILES string of the molecule is CCNC(C)(Cn1cc(I)cn1)C(N)=O. The Kier molecular flexibility index (Phi) is 4.09. The van der Waals surface area contributed by atoms with Gasteiger partial charge in [-0.05, 0) is 36.1 Å². The first-order valence-corrected chi connectivity index (χ1v) is 5.78. The van der Waals surface area contributed by atoms with Gasteiger partial charge in [-0.2, -0.15) is 5.10 Å². The largest absolute Gasteiger partial charge is 0.368 e. The molecule has 0 radical (unpaired) electrons. The number of primary amides is 1. The monoisotopic (exact) mass is 322 g/mol. The third kappa shape index (κ3) is 3.16. The summed E-state index contributed by atoms with van der Waals surface area (Å²) in [5.74, 6) is -0.366. The van der Waals surface area contributed by atoms with Gasteiger partial charge in [-0.1, -0.05) is 6.92 Å². The lowest BCUT2D eigenvalue weighted by atomic mass is 10.0. The molecule has 15 heavy (non-hydrogen) atoms. The molecule has 3 N–H and O–H groups in total. The van der Waals surface area contributed by atoms with E-state index in [0.717, 1.165) is 3.57 Å². The minimum atomic E-state index is -0.746. The maximum absolute atomic E-state index is 11.3. The summed E-state index contributed by atoms with van der Waals surface area (Å²) in [5, 5.41) is 7.21. The summed E-state index contributed by atoms with van der Waals surface area (Å²) in [6, 6.07) is 0. The van der Waals surface area contributed by atoms with Crippen LogP contribution in [0.4, 0.5) is 0 Å². The predicted octanol–water partition coefficient (Wildman–Crippen LogP) is 0.341. The molecule has 1 aromatic rings. The van der Waals surface area contributed by atoms with Crippen molar-refractivity contribution in [2.75, 3.05) is 6.54 Å². The standard InChI is InChI=1S/C9H15IN4O/c1-3-12-9(2,8(11)15)6-14-5-7(10)4-13-14/h4-5,12H,3,6H2,1-2H3,(H2,11,15). The number of amides is 1. The number of nitrogens with two attached hydrogens (primary N) is 1. The van der Waals surface area contributed by atoms with Crippen molar-refractivity contribution in [3.8, 4) is 0 Å². The van der Waals surface area contributed by atoms with Crippen LogP contribution in [0.1, 0.15) is 13.8 Å². The van der Waals surface area contributed by atoms with Crippen molar-refractivity contribution in [3.05, 3.63) is 16.0 Å². The summed E-state index contributed by atoms with van der Waals surface area (Å²) < 4.78 is 2.76. The maximum atomic E-state index is 11.3. The fourth-order valence-electron chi connectivity index (χ4n) is 1.36. The van der Waals surface area contributed by atoms with Crippen molar-refractivity contribution >= 4 is 28.5 Å². The van der Waals surface area contributed by atoms with E-state index < -0.39 is 5.54 Å². The average Bonchev–Trinajstić information content (AvgIpc) is 2.51. The first-order valence-electron chi connectivity index (χ1n) is 4.71. The van der Waals surface area contributed by atoms with Gasteiger partial charge in [0.05, 0.1) is 16.3 Å². The number of nitrogens with one attached hydrogen (secondary N) is 1. The number of hydrogen-bond acceptors (Lipinski definition) is 3. The molecule has 1 atom stereocenters. The summed E-state index contributed by atoms with van der Waals surface area (Å²) >= 11 is 2.17. The molecule has 0 spiro atoms. The van der Waals surface area contributed by atoms with E-state index in [2.05, 4.69) is 33.0 Å². The number of halogens is 1. The molecule has 1 rings (SSSR count). The van der Waals surface area contributed by atoms with E-state index in [1.165, 1.54) is 0 Å². The molecule has 0 aliphatic heterocycles. The van der Waals surface area contributed by atoms with Crippen LogP contribution in [0.2, 0.25) is 0 Å². The Bertz CT molecular complexity index is 352. The Hall–Kier alpha value is -0.630. The summed E-state index contributed by atoms with van der Waals surface area (Å²) in [5.41, 5.74) is 4.62. The second kappa shape index (κ2) is 4.93. The minimum Gasteiger partial charge on any atom is -0.368 e. The van der Waals surface area contributed by atoms with Crippen LogP contribution in [0.25, 0.3) is 0 Å². The topological polar surface area (TPSA) is 72.9 Å². The summed E-state index contributed by atoms with van der Waals surface area (Å²) in [4.78, 5) is 11.3. The molecular weight excluding hydrogens is 307 g/mol. The molecule has 0 saturated heterocycles. The van der Waals surface area contributed by atoms with Crippen LogP contribution in [0, 0.1) is 3.57 Å². The molecule has 1 aromatic heterocycles. The van der Waals surface area contributed by atoms with Crippen molar-refractivity contribution in [2.45, 2.75) is 25.9 Å². The van der Waals surface area contributed by atoms with E-state index in [4.69, 9.17) is 5.73 Å². The molecule has 0 aliphatic carbocycles. The Morgan fingerprint density at radius 3 is 2.87 bits per heavy atom. The van der Waals surface area contributed by atoms with Crippen LogP contribution in [0.3, 0.4) is 0 Å². The second-order valence-corrected chi connectivity index (χ2v) is 4.83. The van der Waals surface area contributed by atoms with Crippen molar-refractivity contribution < 1.29 is 4.79 Å². The van der Waals surface area contributed by atoms with Gasteiger partial charge >= 0.3 is 0 Å². The summed E-state index contributed by atoms with van der Waals surface area (Å²) in [7, 11) is 0. The first kappa shape index (κ1) is 12.4. The number of rotatable bonds is 5. The van der Waals surface area contributed by atoms with E-state index in [1.54, 1.807) is 17.8 Å². The molecular formula is C9H15IN4O. The van der Waals surface area contributed by atoms with Gasteiger partial charge in [0, 0.05) is 6.20 Å². The Balaban J connectivity index is 2.79. The summed E-state index contributed by atoms with van der Waals surface area (Å²) in [6.07, 6.45) is 3.62. The lowest BCUT2D eigenvalue weighted by Gasteiger charge is -2.26. The number of hydrogen-bond donors (Lipinski definition) is 2. The normalized spacial score (nSPS) is 14.9. The smallest absolute Gasteiger partial charge is 0.239 e. The van der Waals surface area contributed by atoms with Crippen molar-refractivity contribution in [3.63, 3.8) is 0 Å². The molecule has 0 saturated carbocycles. The molecule has 1 amide bonds. The van der Waals surface area contributed by atoms with E-state index >= 15 is 0 Å². The first-order chi connectivity index (χ1) is 6.98. The highest BCUT2D eigenvalue weighted by Crippen LogP contribution is 2.08. The summed E-state index contributed by atoms with van der Waals surface area (Å²) in [6.45, 7) is 4.86. The van der Waals surface area contributed by atoms with Gasteiger partial charge < -0.3 is 11.1 Å². The minimum absolute atomic E-state index is 0.366. The Labute approximate surface area is 103 Å². The second-order valence-electron chi connectivity index (χ2n) is 3.58. The molecule has 0 bridgehead atoms. The van der Waals surface area contributed by atoms with Gasteiger partial charge in [-0.25, -0.2) is 0 Å². The zero-order chi connectivity index (χ0) is 11.5. The number of aromatic nitrogens is 2. The lowest BCUT2D eigenvalue weighted by molar-refractivity contribution is -0.124. The average molecular weight is 322 g/mol. The highest BCUT2D eigenvalue weighted by atomic mass is 127. The van der Waals surface area contributed by atoms with Crippen molar-refractivity contribution in [1.82, 2.24) is 15.1 Å². The van der Waals surface area contributed by atoms with Gasteiger partial charge in [-0.15, -0.1) is 0 Å². The molecule has 0 aromatic carbocycles. The van der Waals surface area contributed by atoms with Gasteiger partial charge in [0.25, 0.3) is 0 Å². The lowest BCUT2D eigenvalue weighted by Crippen LogP contribution is -2.55. The van der Waals surface area contributed by atoms with Gasteiger partial charge in [0.1, 0.15) is 5.54 Å². The van der Waals surface area contributed by atoms with Crippen LogP contribution < -0.4 is 11.1 Å². The van der Waals surface area contributed by atoms with E-state index in [1.807, 2.05) is 13.1 Å². The highest BCUT2D eigenvalue weighted by Gasteiger charge is 2.30. The van der Waals surface area contributed by atoms with Crippen LogP contribution in [0.15, 0.2) is 12.4 Å². The quantitative estimate of drug-likeness (QED) is 0.768. The number of carbonyl (C=O) groups excluding carboxylic acids is 1. The Morgan fingerprint density at radius 1 is 1.80 bits per heavy atom. The van der Waals surface area contributed by atoms with Crippen LogP contribution in [0.5, 0.6) is 0 Å². The van der Waals surface area contributed by atoms with Crippen molar-refractivity contribution in [2.24, 2.45) is 5.73 Å².